The van der Waals surface area contributed by atoms with Crippen LogP contribution in [0.1, 0.15) is 90.6 Å². The minimum absolute atomic E-state index is 0.0173. The molecule has 0 aliphatic carbocycles. The molecule has 1 N–H and O–H groups in total. The molecule has 0 aliphatic rings. The Hall–Kier alpha value is -2.38. The lowest BCUT2D eigenvalue weighted by Crippen LogP contribution is -2.43. The molecule has 0 fully saturated rings. The van der Waals surface area contributed by atoms with E-state index in [1.54, 1.807) is 11.3 Å². The summed E-state index contributed by atoms with van der Waals surface area (Å²) >= 11 is 1.60. The average Bonchev–Trinajstić information content (AvgIpc) is 3.29. The second-order valence-electron chi connectivity index (χ2n) is 10.8. The van der Waals surface area contributed by atoms with Gasteiger partial charge in [-0.1, -0.05) is 60.6 Å². The molecule has 0 bridgehead atoms. The predicted molar refractivity (Wildman–Crippen MR) is 159 cm³/mol. The molecule has 1 aromatic heterocycles. The summed E-state index contributed by atoms with van der Waals surface area (Å²) in [7, 11) is 0. The summed E-state index contributed by atoms with van der Waals surface area (Å²) in [4.78, 5) is 45.3. The van der Waals surface area contributed by atoms with Crippen LogP contribution in [0.25, 0.3) is 10.2 Å². The van der Waals surface area contributed by atoms with Crippen molar-refractivity contribution in [2.75, 3.05) is 19.6 Å². The second kappa shape index (κ2) is 15.3. The highest BCUT2D eigenvalue weighted by Crippen LogP contribution is 2.28. The molecule has 6 nitrogen and oxygen atoms in total. The van der Waals surface area contributed by atoms with E-state index in [4.69, 9.17) is 4.98 Å². The van der Waals surface area contributed by atoms with E-state index in [9.17, 15) is 14.4 Å². The van der Waals surface area contributed by atoms with E-state index in [0.29, 0.717) is 37.3 Å². The summed E-state index contributed by atoms with van der Waals surface area (Å²) in [5.41, 5.74) is 2.81. The maximum absolute atomic E-state index is 13.5. The summed E-state index contributed by atoms with van der Waals surface area (Å²) in [5, 5.41) is 4.07. The third-order valence-corrected chi connectivity index (χ3v) is 8.53. The minimum Gasteiger partial charge on any atom is -0.353 e. The number of fused-ring (bicyclic) bond motifs is 1. The van der Waals surface area contributed by atoms with Gasteiger partial charge in [-0.05, 0) is 56.0 Å². The molecule has 0 aliphatic heterocycles. The molecular formula is C31H47N3O3S. The fourth-order valence-electron chi connectivity index (χ4n) is 4.60. The third-order valence-electron chi connectivity index (χ3n) is 7.49. The van der Waals surface area contributed by atoms with Crippen molar-refractivity contribution >= 4 is 39.0 Å². The SMILES string of the molecule is C=C(CN(CC)CC)C(=O)CC[C@@H](NC(=O)[C@@H](CC(C)=O)Cc1nc2ccc(C(C)C)cc2s1)[C@@H](C)CC. The molecule has 2 aromatic rings. The zero-order chi connectivity index (χ0) is 28.4. The van der Waals surface area contributed by atoms with Gasteiger partial charge in [-0.2, -0.15) is 0 Å². The zero-order valence-electron chi connectivity index (χ0n) is 24.4. The van der Waals surface area contributed by atoms with Crippen LogP contribution in [0.3, 0.4) is 0 Å². The van der Waals surface area contributed by atoms with Crippen LogP contribution < -0.4 is 5.32 Å². The van der Waals surface area contributed by atoms with Crippen molar-refractivity contribution in [3.8, 4) is 0 Å². The Labute approximate surface area is 233 Å². The molecule has 0 saturated heterocycles. The van der Waals surface area contributed by atoms with Gasteiger partial charge in [0.2, 0.25) is 5.91 Å². The van der Waals surface area contributed by atoms with Crippen LogP contribution in [0.15, 0.2) is 30.4 Å². The second-order valence-corrected chi connectivity index (χ2v) is 11.9. The number of nitrogens with zero attached hydrogens (tertiary/aromatic N) is 2. The smallest absolute Gasteiger partial charge is 0.224 e. The Kier molecular flexibility index (Phi) is 12.8. The molecule has 0 radical (unpaired) electrons. The number of ketones is 2. The fraction of sp³-hybridized carbons (Fsp3) is 0.613. The van der Waals surface area contributed by atoms with Gasteiger partial charge in [-0.15, -0.1) is 11.3 Å². The third kappa shape index (κ3) is 9.42. The van der Waals surface area contributed by atoms with E-state index in [1.165, 1.54) is 12.5 Å². The summed E-state index contributed by atoms with van der Waals surface area (Å²) in [6.07, 6.45) is 2.39. The van der Waals surface area contributed by atoms with Crippen LogP contribution in [-0.4, -0.2) is 53.0 Å². The lowest BCUT2D eigenvalue weighted by molar-refractivity contribution is -0.129. The van der Waals surface area contributed by atoms with Gasteiger partial charge in [0.15, 0.2) is 5.78 Å². The van der Waals surface area contributed by atoms with E-state index < -0.39 is 5.92 Å². The van der Waals surface area contributed by atoms with Gasteiger partial charge in [0.1, 0.15) is 5.78 Å². The fourth-order valence-corrected chi connectivity index (χ4v) is 5.70. The van der Waals surface area contributed by atoms with Crippen LogP contribution in [0.2, 0.25) is 0 Å². The Morgan fingerprint density at radius 1 is 1.11 bits per heavy atom. The van der Waals surface area contributed by atoms with Crippen molar-refractivity contribution in [1.82, 2.24) is 15.2 Å². The number of benzene rings is 1. The van der Waals surface area contributed by atoms with Crippen LogP contribution in [0.5, 0.6) is 0 Å². The van der Waals surface area contributed by atoms with Crippen molar-refractivity contribution in [3.63, 3.8) is 0 Å². The number of rotatable bonds is 17. The first-order chi connectivity index (χ1) is 18.0. The highest BCUT2D eigenvalue weighted by atomic mass is 32.1. The number of hydrogen-bond acceptors (Lipinski definition) is 6. The first kappa shape index (κ1) is 31.8. The molecule has 7 heteroatoms. The summed E-state index contributed by atoms with van der Waals surface area (Å²) in [6.45, 7) is 20.5. The van der Waals surface area contributed by atoms with Gasteiger partial charge in [0.05, 0.1) is 21.1 Å². The van der Waals surface area contributed by atoms with Gasteiger partial charge in [-0.3, -0.25) is 14.5 Å². The summed E-state index contributed by atoms with van der Waals surface area (Å²) in [6, 6.07) is 6.17. The van der Waals surface area contributed by atoms with E-state index >= 15 is 0 Å². The lowest BCUT2D eigenvalue weighted by Gasteiger charge is -2.27. The Balaban J connectivity index is 2.12. The van der Waals surface area contributed by atoms with Crippen molar-refractivity contribution in [1.29, 1.82) is 0 Å². The molecule has 0 saturated carbocycles. The number of aromatic nitrogens is 1. The number of Topliss-reactive ketones (excluding diaryl/α,β-unsaturated/α-hetero) is 2. The molecule has 1 amide bonds. The standard InChI is InChI=1S/C31H47N3O3S/c1-9-21(6)26(14-15-28(36)22(7)19-34(10-2)11-3)33-31(37)25(16-23(8)35)18-30-32-27-13-12-24(20(4)5)17-29(27)38-30/h12-13,17,20-21,25-26H,7,9-11,14-16,18-19H2,1-6,8H3,(H,33,37)/t21-,25-,26+/m0/s1. The van der Waals surface area contributed by atoms with Crippen molar-refractivity contribution in [2.24, 2.45) is 11.8 Å². The quantitative estimate of drug-likeness (QED) is 0.237. The number of likely N-dealkylation sites (N-methyl/N-ethyl adjacent to an activating group) is 1. The first-order valence-electron chi connectivity index (χ1n) is 14.1. The first-order valence-corrected chi connectivity index (χ1v) is 14.9. The Morgan fingerprint density at radius 3 is 2.37 bits per heavy atom. The minimum atomic E-state index is -0.488. The van der Waals surface area contributed by atoms with Crippen LogP contribution in [0, 0.1) is 11.8 Å². The van der Waals surface area contributed by atoms with Crippen molar-refractivity contribution in [2.45, 2.75) is 92.5 Å². The van der Waals surface area contributed by atoms with Gasteiger partial charge >= 0.3 is 0 Å². The molecule has 1 heterocycles. The van der Waals surface area contributed by atoms with Gasteiger partial charge < -0.3 is 10.1 Å². The van der Waals surface area contributed by atoms with Gasteiger partial charge in [0, 0.05) is 37.4 Å². The van der Waals surface area contributed by atoms with E-state index in [2.05, 4.69) is 70.5 Å². The number of amides is 1. The molecule has 0 unspecified atom stereocenters. The molecule has 1 aromatic carbocycles. The molecule has 3 atom stereocenters. The highest BCUT2D eigenvalue weighted by molar-refractivity contribution is 7.18. The van der Waals surface area contributed by atoms with E-state index in [0.717, 1.165) is 34.7 Å². The highest BCUT2D eigenvalue weighted by Gasteiger charge is 2.27. The van der Waals surface area contributed by atoms with Crippen LogP contribution in [-0.2, 0) is 20.8 Å². The Morgan fingerprint density at radius 2 is 1.79 bits per heavy atom. The summed E-state index contributed by atoms with van der Waals surface area (Å²) < 4.78 is 1.11. The monoisotopic (exact) mass is 541 g/mol. The van der Waals surface area contributed by atoms with Gasteiger partial charge in [0.25, 0.3) is 0 Å². The maximum Gasteiger partial charge on any atom is 0.224 e. The zero-order valence-corrected chi connectivity index (χ0v) is 25.2. The van der Waals surface area contributed by atoms with Crippen molar-refractivity contribution in [3.05, 3.63) is 40.9 Å². The topological polar surface area (TPSA) is 79.4 Å². The number of nitrogens with one attached hydrogen (secondary N) is 1. The summed E-state index contributed by atoms with van der Waals surface area (Å²) in [5.74, 6) is 0.0449. The number of carbonyl (C=O) groups is 3. The van der Waals surface area contributed by atoms with E-state index in [1.807, 2.05) is 6.07 Å². The molecule has 2 rings (SSSR count). The van der Waals surface area contributed by atoms with Crippen LogP contribution in [0.4, 0.5) is 0 Å². The molecular weight excluding hydrogens is 494 g/mol. The maximum atomic E-state index is 13.5. The lowest BCUT2D eigenvalue weighted by atomic mass is 9.91. The average molecular weight is 542 g/mol. The van der Waals surface area contributed by atoms with E-state index in [-0.39, 0.29) is 35.9 Å². The van der Waals surface area contributed by atoms with Crippen molar-refractivity contribution < 1.29 is 14.4 Å². The number of thiazole rings is 1. The van der Waals surface area contributed by atoms with Crippen LogP contribution >= 0.6 is 11.3 Å². The molecule has 210 valence electrons. The number of hydrogen-bond donors (Lipinski definition) is 1. The number of carbonyl (C=O) groups excluding carboxylic acids is 3. The molecule has 38 heavy (non-hydrogen) atoms. The Bertz CT molecular complexity index is 1100. The predicted octanol–water partition coefficient (Wildman–Crippen LogP) is 6.34. The van der Waals surface area contributed by atoms with Gasteiger partial charge in [-0.25, -0.2) is 4.98 Å². The largest absolute Gasteiger partial charge is 0.353 e. The molecule has 0 spiro atoms. The normalized spacial score (nSPS) is 14.0.